The molecule has 7 nitrogen and oxygen atoms in total. The van der Waals surface area contributed by atoms with Crippen molar-refractivity contribution in [3.05, 3.63) is 64.2 Å². The van der Waals surface area contributed by atoms with E-state index in [2.05, 4.69) is 10.3 Å². The van der Waals surface area contributed by atoms with Crippen LogP contribution in [0.3, 0.4) is 0 Å². The predicted molar refractivity (Wildman–Crippen MR) is 94.6 cm³/mol. The van der Waals surface area contributed by atoms with E-state index in [0.29, 0.717) is 27.4 Å². The normalized spacial score (nSPS) is 10.6. The minimum atomic E-state index is -1.20. The molecule has 0 aliphatic rings. The number of nitrogens with zero attached hydrogens (tertiary/aromatic N) is 2. The fourth-order valence-electron chi connectivity index (χ4n) is 2.34. The number of hydrogen-bond donors (Lipinski definition) is 2. The van der Waals surface area contributed by atoms with E-state index in [1.165, 1.54) is 17.0 Å². The summed E-state index contributed by atoms with van der Waals surface area (Å²) in [6.45, 7) is 0.521. The number of nitrogens with one attached hydrogen (secondary N) is 1. The molecule has 0 unspecified atom stereocenters. The number of amides is 1. The lowest BCUT2D eigenvalue weighted by molar-refractivity contribution is 0.210. The second-order valence-corrected chi connectivity index (χ2v) is 5.59. The summed E-state index contributed by atoms with van der Waals surface area (Å²) >= 11 is 6.01. The highest BCUT2D eigenvalue weighted by atomic mass is 35.5. The molecule has 1 heterocycles. The van der Waals surface area contributed by atoms with Crippen molar-refractivity contribution < 1.29 is 14.6 Å². The van der Waals surface area contributed by atoms with Crippen molar-refractivity contribution in [3.63, 3.8) is 0 Å². The fraction of sp³-hybridized carbons (Fsp3) is 0.118. The molecule has 3 aromatic rings. The van der Waals surface area contributed by atoms with E-state index in [-0.39, 0.29) is 18.7 Å². The molecule has 0 atom stereocenters. The minimum absolute atomic E-state index is 0.240. The number of halogens is 1. The van der Waals surface area contributed by atoms with Gasteiger partial charge in [-0.15, -0.1) is 0 Å². The summed E-state index contributed by atoms with van der Waals surface area (Å²) in [4.78, 5) is 27.5. The summed E-state index contributed by atoms with van der Waals surface area (Å²) < 4.78 is 6.98. The number of hydrogen-bond acceptors (Lipinski definition) is 4. The van der Waals surface area contributed by atoms with E-state index < -0.39 is 6.09 Å². The molecule has 1 aromatic heterocycles. The second-order valence-electron chi connectivity index (χ2n) is 5.18. The van der Waals surface area contributed by atoms with Crippen LogP contribution in [-0.4, -0.2) is 27.4 Å². The van der Waals surface area contributed by atoms with Crippen LogP contribution < -0.4 is 15.6 Å². The first-order valence-electron chi connectivity index (χ1n) is 7.41. The quantitative estimate of drug-likeness (QED) is 0.729. The lowest BCUT2D eigenvalue weighted by Crippen LogP contribution is -2.23. The zero-order valence-electron chi connectivity index (χ0n) is 13.0. The predicted octanol–water partition coefficient (Wildman–Crippen LogP) is 3.22. The van der Waals surface area contributed by atoms with Gasteiger partial charge < -0.3 is 9.84 Å². The van der Waals surface area contributed by atoms with Gasteiger partial charge in [0.25, 0.3) is 5.56 Å². The number of rotatable bonds is 5. The maximum Gasteiger partial charge on any atom is 0.409 e. The molecule has 0 fully saturated rings. The molecule has 0 bridgehead atoms. The van der Waals surface area contributed by atoms with Crippen LogP contribution in [0.2, 0.25) is 5.02 Å². The van der Waals surface area contributed by atoms with Crippen LogP contribution in [0.15, 0.2) is 53.6 Å². The van der Waals surface area contributed by atoms with Crippen molar-refractivity contribution in [1.82, 2.24) is 9.55 Å². The number of anilines is 1. The summed E-state index contributed by atoms with van der Waals surface area (Å²) in [5, 5.41) is 11.8. The van der Waals surface area contributed by atoms with Crippen molar-refractivity contribution >= 4 is 34.3 Å². The third-order valence-corrected chi connectivity index (χ3v) is 3.81. The van der Waals surface area contributed by atoms with Crippen LogP contribution in [-0.2, 0) is 6.54 Å². The molecule has 25 heavy (non-hydrogen) atoms. The third kappa shape index (κ3) is 3.89. The smallest absolute Gasteiger partial charge is 0.409 e. The highest BCUT2D eigenvalue weighted by Gasteiger charge is 2.07. The Labute approximate surface area is 147 Å². The molecule has 0 spiro atoms. The highest BCUT2D eigenvalue weighted by Crippen LogP contribution is 2.22. The Bertz CT molecular complexity index is 987. The highest BCUT2D eigenvalue weighted by molar-refractivity contribution is 6.32. The molecule has 8 heteroatoms. The van der Waals surface area contributed by atoms with Gasteiger partial charge in [-0.3, -0.25) is 14.7 Å². The van der Waals surface area contributed by atoms with E-state index in [1.54, 1.807) is 30.3 Å². The summed E-state index contributed by atoms with van der Waals surface area (Å²) in [5.74, 6) is 0.541. The van der Waals surface area contributed by atoms with Crippen molar-refractivity contribution in [2.24, 2.45) is 0 Å². The van der Waals surface area contributed by atoms with E-state index in [4.69, 9.17) is 21.4 Å². The first-order valence-corrected chi connectivity index (χ1v) is 7.79. The third-order valence-electron chi connectivity index (χ3n) is 3.50. The lowest BCUT2D eigenvalue weighted by Gasteiger charge is -2.10. The zero-order chi connectivity index (χ0) is 17.8. The molecule has 2 N–H and O–H groups in total. The Hall–Kier alpha value is -3.06. The average Bonchev–Trinajstić information content (AvgIpc) is 2.58. The van der Waals surface area contributed by atoms with Crippen LogP contribution in [0.1, 0.15) is 0 Å². The van der Waals surface area contributed by atoms with Crippen LogP contribution in [0.25, 0.3) is 10.9 Å². The van der Waals surface area contributed by atoms with Gasteiger partial charge in [-0.05, 0) is 30.3 Å². The molecule has 3 rings (SSSR count). The molecular weight excluding hydrogens is 346 g/mol. The first-order chi connectivity index (χ1) is 12.0. The van der Waals surface area contributed by atoms with Gasteiger partial charge in [0.05, 0.1) is 28.8 Å². The number of benzene rings is 2. The molecule has 0 radical (unpaired) electrons. The summed E-state index contributed by atoms with van der Waals surface area (Å²) in [7, 11) is 0. The Morgan fingerprint density at radius 1 is 1.28 bits per heavy atom. The maximum atomic E-state index is 12.5. The van der Waals surface area contributed by atoms with Gasteiger partial charge in [0, 0.05) is 5.69 Å². The number of ether oxygens (including phenoxy) is 1. The summed E-state index contributed by atoms with van der Waals surface area (Å²) in [5.41, 5.74) is 0.523. The molecular formula is C17H14ClN3O4. The van der Waals surface area contributed by atoms with E-state index in [0.717, 1.165) is 0 Å². The first kappa shape index (κ1) is 16.8. The second kappa shape index (κ2) is 7.23. The van der Waals surface area contributed by atoms with Crippen molar-refractivity contribution in [2.75, 3.05) is 11.9 Å². The van der Waals surface area contributed by atoms with Gasteiger partial charge in [0.15, 0.2) is 0 Å². The van der Waals surface area contributed by atoms with Crippen molar-refractivity contribution in [3.8, 4) is 5.75 Å². The van der Waals surface area contributed by atoms with Gasteiger partial charge in [-0.25, -0.2) is 9.78 Å². The molecule has 0 aliphatic carbocycles. The summed E-state index contributed by atoms with van der Waals surface area (Å²) in [6, 6.07) is 11.7. The molecule has 0 saturated carbocycles. The van der Waals surface area contributed by atoms with E-state index in [1.807, 2.05) is 6.07 Å². The SMILES string of the molecule is O=C(O)Nc1ccc2ncn(CCOc3ccccc3Cl)c(=O)c2c1. The van der Waals surface area contributed by atoms with Gasteiger partial charge in [-0.1, -0.05) is 23.7 Å². The average molecular weight is 360 g/mol. The number of para-hydroxylation sites is 1. The Morgan fingerprint density at radius 3 is 2.84 bits per heavy atom. The van der Waals surface area contributed by atoms with Crippen LogP contribution in [0, 0.1) is 0 Å². The Kier molecular flexibility index (Phi) is 4.85. The van der Waals surface area contributed by atoms with E-state index >= 15 is 0 Å². The van der Waals surface area contributed by atoms with E-state index in [9.17, 15) is 9.59 Å². The van der Waals surface area contributed by atoms with Crippen LogP contribution >= 0.6 is 11.6 Å². The minimum Gasteiger partial charge on any atom is -0.490 e. The monoisotopic (exact) mass is 359 g/mol. The standard InChI is InChI=1S/C17H14ClN3O4/c18-13-3-1-2-4-15(13)25-8-7-21-10-19-14-6-5-11(20-17(23)24)9-12(14)16(21)22/h1-6,9-10,20H,7-8H2,(H,23,24). The topological polar surface area (TPSA) is 93.5 Å². The summed E-state index contributed by atoms with van der Waals surface area (Å²) in [6.07, 6.45) is 0.238. The van der Waals surface area contributed by atoms with Crippen molar-refractivity contribution in [2.45, 2.75) is 6.54 Å². The number of carbonyl (C=O) groups is 1. The Balaban J connectivity index is 1.79. The van der Waals surface area contributed by atoms with Crippen LogP contribution in [0.5, 0.6) is 5.75 Å². The molecule has 1 amide bonds. The molecule has 2 aromatic carbocycles. The number of carboxylic acid groups (broad SMARTS) is 1. The molecule has 0 saturated heterocycles. The van der Waals surface area contributed by atoms with Gasteiger partial charge in [0.1, 0.15) is 12.4 Å². The van der Waals surface area contributed by atoms with Crippen LogP contribution in [0.4, 0.5) is 10.5 Å². The largest absolute Gasteiger partial charge is 0.490 e. The van der Waals surface area contributed by atoms with Gasteiger partial charge in [-0.2, -0.15) is 0 Å². The number of fused-ring (bicyclic) bond motifs is 1. The zero-order valence-corrected chi connectivity index (χ0v) is 13.7. The lowest BCUT2D eigenvalue weighted by atomic mass is 10.2. The maximum absolute atomic E-state index is 12.5. The number of aromatic nitrogens is 2. The van der Waals surface area contributed by atoms with Crippen molar-refractivity contribution in [1.29, 1.82) is 0 Å². The molecule has 128 valence electrons. The molecule has 0 aliphatic heterocycles. The van der Waals surface area contributed by atoms with Gasteiger partial charge >= 0.3 is 6.09 Å². The van der Waals surface area contributed by atoms with Gasteiger partial charge in [0.2, 0.25) is 0 Å². The fourth-order valence-corrected chi connectivity index (χ4v) is 2.53. The Morgan fingerprint density at radius 2 is 2.08 bits per heavy atom.